The SMILES string of the molecule is CCNC(=O)[C@@H](C)N(Cc1cccc(OC)c1)C(=O)CN(c1cc(Cl)ccc1OC)S(=O)(=O)c1ccc(OC)c(OC)c1. The minimum absolute atomic E-state index is 0.00522. The molecule has 13 heteroatoms. The van der Waals surface area contributed by atoms with E-state index in [2.05, 4.69) is 5.32 Å². The highest BCUT2D eigenvalue weighted by Gasteiger charge is 2.34. The van der Waals surface area contributed by atoms with E-state index in [4.69, 9.17) is 30.5 Å². The van der Waals surface area contributed by atoms with Crippen molar-refractivity contribution in [1.29, 1.82) is 0 Å². The molecule has 11 nitrogen and oxygen atoms in total. The molecule has 0 aliphatic heterocycles. The van der Waals surface area contributed by atoms with E-state index in [9.17, 15) is 18.0 Å². The van der Waals surface area contributed by atoms with Gasteiger partial charge in [0, 0.05) is 24.2 Å². The van der Waals surface area contributed by atoms with Crippen LogP contribution in [0.5, 0.6) is 23.0 Å². The summed E-state index contributed by atoms with van der Waals surface area (Å²) >= 11 is 6.29. The van der Waals surface area contributed by atoms with Gasteiger partial charge < -0.3 is 29.2 Å². The van der Waals surface area contributed by atoms with Crippen molar-refractivity contribution in [2.75, 3.05) is 45.8 Å². The Morgan fingerprint density at radius 2 is 1.56 bits per heavy atom. The second-order valence-corrected chi connectivity index (χ2v) is 11.6. The van der Waals surface area contributed by atoms with Crippen LogP contribution in [-0.2, 0) is 26.2 Å². The second kappa shape index (κ2) is 14.8. The van der Waals surface area contributed by atoms with Crippen LogP contribution in [0.25, 0.3) is 0 Å². The van der Waals surface area contributed by atoms with Crippen LogP contribution in [0.3, 0.4) is 0 Å². The van der Waals surface area contributed by atoms with Crippen molar-refractivity contribution in [3.05, 3.63) is 71.2 Å². The van der Waals surface area contributed by atoms with Crippen molar-refractivity contribution in [2.24, 2.45) is 0 Å². The first kappa shape index (κ1) is 33.3. The van der Waals surface area contributed by atoms with Gasteiger partial charge in [0.2, 0.25) is 11.8 Å². The predicted octanol–water partition coefficient (Wildman–Crippen LogP) is 4.12. The van der Waals surface area contributed by atoms with Crippen LogP contribution in [0.4, 0.5) is 5.69 Å². The number of carbonyl (C=O) groups is 2. The van der Waals surface area contributed by atoms with Gasteiger partial charge in [-0.2, -0.15) is 0 Å². The maximum absolute atomic E-state index is 14.3. The van der Waals surface area contributed by atoms with E-state index in [1.165, 1.54) is 63.7 Å². The van der Waals surface area contributed by atoms with Gasteiger partial charge in [0.05, 0.1) is 39.0 Å². The van der Waals surface area contributed by atoms with Crippen LogP contribution in [0.15, 0.2) is 65.6 Å². The average Bonchev–Trinajstić information content (AvgIpc) is 3.01. The summed E-state index contributed by atoms with van der Waals surface area (Å²) in [6.45, 7) is 3.02. The molecule has 0 heterocycles. The van der Waals surface area contributed by atoms with Gasteiger partial charge in [-0.25, -0.2) is 8.42 Å². The Bertz CT molecular complexity index is 1550. The molecule has 0 bridgehead atoms. The normalized spacial score (nSPS) is 11.7. The third-order valence-electron chi connectivity index (χ3n) is 6.64. The molecule has 2 amide bonds. The summed E-state index contributed by atoms with van der Waals surface area (Å²) in [5.41, 5.74) is 0.712. The number of nitrogens with zero attached hydrogens (tertiary/aromatic N) is 2. The van der Waals surface area contributed by atoms with Crippen molar-refractivity contribution < 1.29 is 37.0 Å². The van der Waals surface area contributed by atoms with E-state index in [1.54, 1.807) is 44.2 Å². The molecule has 3 aromatic rings. The zero-order valence-corrected chi connectivity index (χ0v) is 26.5. The van der Waals surface area contributed by atoms with E-state index in [0.717, 1.165) is 4.31 Å². The van der Waals surface area contributed by atoms with Crippen LogP contribution < -0.4 is 28.6 Å². The maximum Gasteiger partial charge on any atom is 0.265 e. The molecule has 3 rings (SSSR count). The lowest BCUT2D eigenvalue weighted by molar-refractivity contribution is -0.139. The van der Waals surface area contributed by atoms with Crippen molar-refractivity contribution >= 4 is 39.1 Å². The molecular weight excluding hydrogens is 598 g/mol. The zero-order valence-electron chi connectivity index (χ0n) is 24.9. The van der Waals surface area contributed by atoms with E-state index in [0.29, 0.717) is 23.6 Å². The second-order valence-electron chi connectivity index (χ2n) is 9.29. The summed E-state index contributed by atoms with van der Waals surface area (Å²) in [4.78, 5) is 28.2. The lowest BCUT2D eigenvalue weighted by Crippen LogP contribution is -2.51. The van der Waals surface area contributed by atoms with Gasteiger partial charge in [0.25, 0.3) is 10.0 Å². The predicted molar refractivity (Wildman–Crippen MR) is 164 cm³/mol. The summed E-state index contributed by atoms with van der Waals surface area (Å²) in [6.07, 6.45) is 0. The number of likely N-dealkylation sites (N-methyl/N-ethyl adjacent to an activating group) is 1. The molecule has 1 N–H and O–H groups in total. The summed E-state index contributed by atoms with van der Waals surface area (Å²) in [6, 6.07) is 14.6. The first-order valence-electron chi connectivity index (χ1n) is 13.3. The molecule has 0 aliphatic carbocycles. The highest BCUT2D eigenvalue weighted by Crippen LogP contribution is 2.37. The Morgan fingerprint density at radius 3 is 2.19 bits per heavy atom. The Morgan fingerprint density at radius 1 is 0.884 bits per heavy atom. The van der Waals surface area contributed by atoms with Crippen molar-refractivity contribution in [2.45, 2.75) is 31.3 Å². The van der Waals surface area contributed by atoms with Crippen LogP contribution in [0, 0.1) is 0 Å². The van der Waals surface area contributed by atoms with Crippen molar-refractivity contribution in [1.82, 2.24) is 10.2 Å². The fourth-order valence-electron chi connectivity index (χ4n) is 4.35. The number of rotatable bonds is 14. The molecule has 0 fully saturated rings. The van der Waals surface area contributed by atoms with E-state index >= 15 is 0 Å². The molecule has 1 atom stereocenters. The zero-order chi connectivity index (χ0) is 31.7. The Balaban J connectivity index is 2.15. The largest absolute Gasteiger partial charge is 0.497 e. The fraction of sp³-hybridized carbons (Fsp3) is 0.333. The summed E-state index contributed by atoms with van der Waals surface area (Å²) in [7, 11) is 1.28. The number of benzene rings is 3. The fourth-order valence-corrected chi connectivity index (χ4v) is 5.95. The Labute approximate surface area is 257 Å². The van der Waals surface area contributed by atoms with Gasteiger partial charge in [0.15, 0.2) is 11.5 Å². The highest BCUT2D eigenvalue weighted by molar-refractivity contribution is 7.92. The van der Waals surface area contributed by atoms with Gasteiger partial charge in [0.1, 0.15) is 24.1 Å². The molecule has 0 radical (unpaired) electrons. The summed E-state index contributed by atoms with van der Waals surface area (Å²) in [5.74, 6) is 0.192. The molecular formula is C30H36ClN3O8S. The number of sulfonamides is 1. The van der Waals surface area contributed by atoms with Gasteiger partial charge in [-0.3, -0.25) is 13.9 Å². The summed E-state index contributed by atoms with van der Waals surface area (Å²) < 4.78 is 50.8. The first-order valence-corrected chi connectivity index (χ1v) is 15.1. The van der Waals surface area contributed by atoms with E-state index in [-0.39, 0.29) is 33.6 Å². The number of hydrogen-bond acceptors (Lipinski definition) is 8. The van der Waals surface area contributed by atoms with E-state index in [1.807, 2.05) is 0 Å². The molecule has 0 aliphatic rings. The minimum atomic E-state index is -4.44. The first-order chi connectivity index (χ1) is 20.5. The molecule has 0 saturated heterocycles. The third kappa shape index (κ3) is 7.82. The molecule has 232 valence electrons. The topological polar surface area (TPSA) is 124 Å². The average molecular weight is 634 g/mol. The third-order valence-corrected chi connectivity index (χ3v) is 8.63. The smallest absolute Gasteiger partial charge is 0.265 e. The number of halogens is 1. The molecule has 0 aromatic heterocycles. The quantitative estimate of drug-likeness (QED) is 0.281. The molecule has 0 spiro atoms. The van der Waals surface area contributed by atoms with Crippen LogP contribution in [0.1, 0.15) is 19.4 Å². The standard InChI is InChI=1S/C30H36ClN3O8S/c1-7-32-30(36)20(2)33(18-21-9-8-10-23(15-21)39-3)29(35)19-34(25-16-22(31)11-13-26(25)40-4)43(37,38)24-12-14-27(41-5)28(17-24)42-6/h8-17,20H,7,18-19H2,1-6H3,(H,32,36)/t20-/m1/s1. The maximum atomic E-state index is 14.3. The van der Waals surface area contributed by atoms with E-state index < -0.39 is 34.4 Å². The lowest BCUT2D eigenvalue weighted by atomic mass is 10.1. The van der Waals surface area contributed by atoms with Crippen molar-refractivity contribution in [3.63, 3.8) is 0 Å². The summed E-state index contributed by atoms with van der Waals surface area (Å²) in [5, 5.41) is 2.95. The number of amides is 2. The number of ether oxygens (including phenoxy) is 4. The van der Waals surface area contributed by atoms with Gasteiger partial charge in [-0.05, 0) is 61.9 Å². The molecule has 0 unspecified atom stereocenters. The van der Waals surface area contributed by atoms with Crippen LogP contribution in [0.2, 0.25) is 5.02 Å². The van der Waals surface area contributed by atoms with Crippen molar-refractivity contribution in [3.8, 4) is 23.0 Å². The number of carbonyl (C=O) groups excluding carboxylic acids is 2. The number of methoxy groups -OCH3 is 4. The van der Waals surface area contributed by atoms with Gasteiger partial charge >= 0.3 is 0 Å². The monoisotopic (exact) mass is 633 g/mol. The molecule has 3 aromatic carbocycles. The van der Waals surface area contributed by atoms with Gasteiger partial charge in [-0.1, -0.05) is 23.7 Å². The number of nitrogens with one attached hydrogen (secondary N) is 1. The Hall–Kier alpha value is -4.16. The Kier molecular flexibility index (Phi) is 11.5. The van der Waals surface area contributed by atoms with Gasteiger partial charge in [-0.15, -0.1) is 0 Å². The molecule has 43 heavy (non-hydrogen) atoms. The van der Waals surface area contributed by atoms with Crippen LogP contribution in [-0.4, -0.2) is 72.7 Å². The highest BCUT2D eigenvalue weighted by atomic mass is 35.5. The number of anilines is 1. The minimum Gasteiger partial charge on any atom is -0.497 e. The lowest BCUT2D eigenvalue weighted by Gasteiger charge is -2.32. The van der Waals surface area contributed by atoms with Crippen LogP contribution >= 0.6 is 11.6 Å². The molecule has 0 saturated carbocycles. The number of hydrogen-bond donors (Lipinski definition) is 1.